The Morgan fingerprint density at radius 3 is 2.82 bits per heavy atom. The minimum atomic E-state index is -0.146. The molecule has 0 aliphatic rings. The quantitative estimate of drug-likeness (QED) is 0.760. The van der Waals surface area contributed by atoms with Crippen LogP contribution in [0.15, 0.2) is 30.3 Å². The molecule has 0 fully saturated rings. The highest BCUT2D eigenvalue weighted by molar-refractivity contribution is 5.78. The van der Waals surface area contributed by atoms with Gasteiger partial charge in [0.25, 0.3) is 0 Å². The van der Waals surface area contributed by atoms with Crippen LogP contribution in [0.4, 0.5) is 0 Å². The second-order valence-corrected chi connectivity index (χ2v) is 3.73. The molecule has 0 spiro atoms. The molecule has 1 rings (SSSR count). The largest absolute Gasteiger partial charge is 0.494 e. The number of nitrogens with one attached hydrogen (secondary N) is 1. The van der Waals surface area contributed by atoms with Gasteiger partial charge in [-0.25, -0.2) is 0 Å². The smallest absolute Gasteiger partial charge is 0.223 e. The topological polar surface area (TPSA) is 62.1 Å². The molecule has 1 atom stereocenters. The van der Waals surface area contributed by atoms with Crippen LogP contribution in [-0.2, 0) is 4.79 Å². The monoisotopic (exact) mass is 232 g/mol. The van der Waals surface area contributed by atoms with Crippen LogP contribution in [0.1, 0.15) is 13.3 Å². The number of amides is 1. The number of carbonyl (C=O) groups excluding carboxylic acids is 1. The molecule has 0 saturated carbocycles. The van der Waals surface area contributed by atoms with Crippen LogP contribution in [0.25, 0.3) is 0 Å². The number of nitrogens with zero attached hydrogens (tertiary/aromatic N) is 1. The molecule has 1 N–H and O–H groups in total. The first-order chi connectivity index (χ1) is 8.24. The van der Waals surface area contributed by atoms with Crippen LogP contribution in [-0.4, -0.2) is 19.1 Å². The Hall–Kier alpha value is -2.02. The maximum absolute atomic E-state index is 11.4. The van der Waals surface area contributed by atoms with Crippen LogP contribution < -0.4 is 10.1 Å². The maximum Gasteiger partial charge on any atom is 0.223 e. The fourth-order valence-electron chi connectivity index (χ4n) is 1.30. The number of benzene rings is 1. The molecule has 4 nitrogen and oxygen atoms in total. The minimum absolute atomic E-state index is 0.0582. The summed E-state index contributed by atoms with van der Waals surface area (Å²) in [6, 6.07) is 11.3. The Morgan fingerprint density at radius 2 is 2.18 bits per heavy atom. The summed E-state index contributed by atoms with van der Waals surface area (Å²) in [6.07, 6.45) is 0.631. The molecule has 17 heavy (non-hydrogen) atoms. The summed E-state index contributed by atoms with van der Waals surface area (Å²) in [5, 5.41) is 10.9. The highest BCUT2D eigenvalue weighted by atomic mass is 16.5. The third kappa shape index (κ3) is 5.03. The van der Waals surface area contributed by atoms with Crippen LogP contribution >= 0.6 is 0 Å². The fraction of sp³-hybridized carbons (Fsp3) is 0.385. The highest BCUT2D eigenvalue weighted by Crippen LogP contribution is 2.10. The van der Waals surface area contributed by atoms with Crippen molar-refractivity contribution in [3.8, 4) is 11.8 Å². The van der Waals surface area contributed by atoms with Gasteiger partial charge >= 0.3 is 0 Å². The standard InChI is InChI=1S/C13H16N2O2/c1-11(13(16)15-9-8-14)7-10-17-12-5-3-2-4-6-12/h2-6,11H,7,9-10H2,1H3,(H,15,16). The molecular weight excluding hydrogens is 216 g/mol. The third-order valence-corrected chi connectivity index (χ3v) is 2.35. The molecule has 0 bridgehead atoms. The summed E-state index contributed by atoms with van der Waals surface area (Å²) in [5.74, 6) is 0.549. The van der Waals surface area contributed by atoms with E-state index in [1.807, 2.05) is 43.3 Å². The molecule has 0 aromatic heterocycles. The normalized spacial score (nSPS) is 11.3. The van der Waals surface area contributed by atoms with Crippen molar-refractivity contribution < 1.29 is 9.53 Å². The number of hydrogen-bond donors (Lipinski definition) is 1. The Bertz CT molecular complexity index is 384. The first-order valence-electron chi connectivity index (χ1n) is 5.56. The van der Waals surface area contributed by atoms with E-state index in [1.165, 1.54) is 0 Å². The zero-order valence-electron chi connectivity index (χ0n) is 9.85. The Morgan fingerprint density at radius 1 is 1.47 bits per heavy atom. The van der Waals surface area contributed by atoms with Crippen LogP contribution in [0.2, 0.25) is 0 Å². The van der Waals surface area contributed by atoms with Gasteiger partial charge in [0.05, 0.1) is 12.7 Å². The molecule has 1 amide bonds. The van der Waals surface area contributed by atoms with E-state index in [0.717, 1.165) is 5.75 Å². The SMILES string of the molecule is CC(CCOc1ccccc1)C(=O)NCC#N. The zero-order chi connectivity index (χ0) is 12.5. The van der Waals surface area contributed by atoms with Gasteiger partial charge < -0.3 is 10.1 Å². The number of hydrogen-bond acceptors (Lipinski definition) is 3. The van der Waals surface area contributed by atoms with E-state index < -0.39 is 0 Å². The van der Waals surface area contributed by atoms with Crippen LogP contribution in [0.3, 0.4) is 0 Å². The molecule has 0 radical (unpaired) electrons. The molecule has 1 aromatic carbocycles. The summed E-state index contributed by atoms with van der Waals surface area (Å²) in [4.78, 5) is 11.4. The van der Waals surface area contributed by atoms with Gasteiger partial charge in [0, 0.05) is 5.92 Å². The molecule has 4 heteroatoms. The summed E-state index contributed by atoms with van der Waals surface area (Å²) in [6.45, 7) is 2.37. The number of para-hydroxylation sites is 1. The maximum atomic E-state index is 11.4. The Balaban J connectivity index is 2.22. The van der Waals surface area contributed by atoms with Crippen LogP contribution in [0.5, 0.6) is 5.75 Å². The molecule has 0 aliphatic heterocycles. The Labute approximate surface area is 101 Å². The number of nitriles is 1. The first-order valence-corrected chi connectivity index (χ1v) is 5.56. The highest BCUT2D eigenvalue weighted by Gasteiger charge is 2.11. The van der Waals surface area contributed by atoms with Gasteiger partial charge in [0.2, 0.25) is 5.91 Å². The van der Waals surface area contributed by atoms with E-state index in [2.05, 4.69) is 5.32 Å². The molecule has 0 saturated heterocycles. The van der Waals surface area contributed by atoms with Crippen molar-refractivity contribution in [3.63, 3.8) is 0 Å². The predicted molar refractivity (Wildman–Crippen MR) is 64.3 cm³/mol. The second-order valence-electron chi connectivity index (χ2n) is 3.73. The van der Waals surface area contributed by atoms with E-state index in [1.54, 1.807) is 0 Å². The molecular formula is C13H16N2O2. The van der Waals surface area contributed by atoms with Gasteiger partial charge in [-0.1, -0.05) is 25.1 Å². The molecule has 1 aromatic rings. The lowest BCUT2D eigenvalue weighted by Gasteiger charge is -2.11. The number of rotatable bonds is 6. The predicted octanol–water partition coefficient (Wildman–Crippen LogP) is 1.73. The van der Waals surface area contributed by atoms with E-state index in [0.29, 0.717) is 13.0 Å². The first kappa shape index (κ1) is 13.0. The van der Waals surface area contributed by atoms with E-state index in [-0.39, 0.29) is 18.4 Å². The fourth-order valence-corrected chi connectivity index (χ4v) is 1.30. The Kier molecular flexibility index (Phi) is 5.59. The lowest BCUT2D eigenvalue weighted by atomic mass is 10.1. The van der Waals surface area contributed by atoms with Gasteiger partial charge in [-0.2, -0.15) is 5.26 Å². The van der Waals surface area contributed by atoms with Gasteiger partial charge in [-0.15, -0.1) is 0 Å². The average molecular weight is 232 g/mol. The molecule has 90 valence electrons. The van der Waals surface area contributed by atoms with Crippen molar-refractivity contribution in [2.24, 2.45) is 5.92 Å². The van der Waals surface area contributed by atoms with Gasteiger partial charge in [0.15, 0.2) is 0 Å². The molecule has 0 heterocycles. The van der Waals surface area contributed by atoms with Gasteiger partial charge in [0.1, 0.15) is 12.3 Å². The average Bonchev–Trinajstić information content (AvgIpc) is 2.37. The van der Waals surface area contributed by atoms with Gasteiger partial charge in [-0.05, 0) is 18.6 Å². The minimum Gasteiger partial charge on any atom is -0.494 e. The summed E-state index contributed by atoms with van der Waals surface area (Å²) >= 11 is 0. The lowest BCUT2D eigenvalue weighted by molar-refractivity contribution is -0.124. The van der Waals surface area contributed by atoms with Crippen molar-refractivity contribution in [2.45, 2.75) is 13.3 Å². The van der Waals surface area contributed by atoms with E-state index >= 15 is 0 Å². The van der Waals surface area contributed by atoms with Gasteiger partial charge in [-0.3, -0.25) is 4.79 Å². The summed E-state index contributed by atoms with van der Waals surface area (Å²) < 4.78 is 5.49. The van der Waals surface area contributed by atoms with E-state index in [9.17, 15) is 4.79 Å². The van der Waals surface area contributed by atoms with E-state index in [4.69, 9.17) is 10.00 Å². The van der Waals surface area contributed by atoms with Crippen molar-refractivity contribution in [1.29, 1.82) is 5.26 Å². The molecule has 1 unspecified atom stereocenters. The third-order valence-electron chi connectivity index (χ3n) is 2.35. The van der Waals surface area contributed by atoms with Crippen molar-refractivity contribution in [1.82, 2.24) is 5.32 Å². The zero-order valence-corrected chi connectivity index (χ0v) is 9.85. The number of ether oxygens (including phenoxy) is 1. The van der Waals surface area contributed by atoms with Crippen molar-refractivity contribution >= 4 is 5.91 Å². The number of carbonyl (C=O) groups is 1. The summed E-state index contributed by atoms with van der Waals surface area (Å²) in [5.41, 5.74) is 0. The van der Waals surface area contributed by atoms with Crippen LogP contribution in [0, 0.1) is 17.2 Å². The second kappa shape index (κ2) is 7.29. The molecule has 0 aliphatic carbocycles. The van der Waals surface area contributed by atoms with Crippen molar-refractivity contribution in [3.05, 3.63) is 30.3 Å². The lowest BCUT2D eigenvalue weighted by Crippen LogP contribution is -2.30. The summed E-state index contributed by atoms with van der Waals surface area (Å²) in [7, 11) is 0. The van der Waals surface area contributed by atoms with Crippen molar-refractivity contribution in [2.75, 3.05) is 13.2 Å².